The van der Waals surface area contributed by atoms with E-state index in [1.54, 1.807) is 6.20 Å². The minimum absolute atomic E-state index is 0.0612. The van der Waals surface area contributed by atoms with E-state index in [-0.39, 0.29) is 24.5 Å². The molecule has 0 bridgehead atoms. The molecular formula is C26H21ClN4O2S. The van der Waals surface area contributed by atoms with E-state index in [9.17, 15) is 4.79 Å². The Balaban J connectivity index is 1.46. The van der Waals surface area contributed by atoms with Gasteiger partial charge in [0.15, 0.2) is 5.11 Å². The molecule has 5 rings (SSSR count). The summed E-state index contributed by atoms with van der Waals surface area (Å²) < 4.78 is 6.28. The Morgan fingerprint density at radius 1 is 1.03 bits per heavy atom. The number of aromatic nitrogens is 1. The van der Waals surface area contributed by atoms with Gasteiger partial charge in [0.2, 0.25) is 5.91 Å². The van der Waals surface area contributed by atoms with Crippen molar-refractivity contribution in [2.45, 2.75) is 12.1 Å². The zero-order valence-corrected chi connectivity index (χ0v) is 19.6. The third-order valence-electron chi connectivity index (χ3n) is 5.62. The van der Waals surface area contributed by atoms with Gasteiger partial charge in [0.1, 0.15) is 24.1 Å². The lowest BCUT2D eigenvalue weighted by Gasteiger charge is -2.25. The number of anilines is 1. The Morgan fingerprint density at radius 2 is 1.79 bits per heavy atom. The van der Waals surface area contributed by atoms with Crippen LogP contribution in [-0.2, 0) is 4.79 Å². The Labute approximate surface area is 207 Å². The summed E-state index contributed by atoms with van der Waals surface area (Å²) in [7, 11) is 0. The van der Waals surface area contributed by atoms with Gasteiger partial charge in [-0.05, 0) is 72.9 Å². The fourth-order valence-corrected chi connectivity index (χ4v) is 4.47. The second-order valence-corrected chi connectivity index (χ2v) is 8.70. The molecule has 34 heavy (non-hydrogen) atoms. The van der Waals surface area contributed by atoms with Crippen molar-refractivity contribution in [3.63, 3.8) is 0 Å². The van der Waals surface area contributed by atoms with Gasteiger partial charge in [-0.2, -0.15) is 0 Å². The van der Waals surface area contributed by atoms with Crippen LogP contribution in [0.15, 0.2) is 95.5 Å². The van der Waals surface area contributed by atoms with Gasteiger partial charge in [0, 0.05) is 22.5 Å². The van der Waals surface area contributed by atoms with Crippen molar-refractivity contribution in [1.29, 1.82) is 0 Å². The average Bonchev–Trinajstić information content (AvgIpc) is 3.46. The summed E-state index contributed by atoms with van der Waals surface area (Å²) in [5.74, 6) is 1.21. The number of furan rings is 1. The first-order chi connectivity index (χ1) is 16.6. The molecule has 4 aromatic rings. The number of nitrogens with one attached hydrogen (secondary N) is 2. The van der Waals surface area contributed by atoms with Crippen LogP contribution in [-0.4, -0.2) is 27.4 Å². The van der Waals surface area contributed by atoms with Crippen molar-refractivity contribution >= 4 is 40.5 Å². The number of thiocarbonyl (C=S) groups is 1. The Kier molecular flexibility index (Phi) is 6.29. The molecule has 8 heteroatoms. The lowest BCUT2D eigenvalue weighted by molar-refractivity contribution is -0.116. The van der Waals surface area contributed by atoms with E-state index in [4.69, 9.17) is 28.2 Å². The lowest BCUT2D eigenvalue weighted by Crippen LogP contribution is -2.36. The van der Waals surface area contributed by atoms with Crippen molar-refractivity contribution in [3.05, 3.63) is 108 Å². The van der Waals surface area contributed by atoms with Gasteiger partial charge in [0.05, 0.1) is 11.7 Å². The lowest BCUT2D eigenvalue weighted by atomic mass is 10.0. The smallest absolute Gasteiger partial charge is 0.244 e. The number of pyridine rings is 1. The molecule has 2 atom stereocenters. The Morgan fingerprint density at radius 3 is 2.53 bits per heavy atom. The molecule has 1 fully saturated rings. The Bertz CT molecular complexity index is 1300. The minimum Gasteiger partial charge on any atom is -0.459 e. The number of para-hydroxylation sites is 1. The summed E-state index contributed by atoms with van der Waals surface area (Å²) in [6, 6.07) is 25.7. The number of hydrogen-bond acceptors (Lipinski definition) is 4. The maximum absolute atomic E-state index is 12.9. The van der Waals surface area contributed by atoms with Crippen molar-refractivity contribution in [1.82, 2.24) is 15.2 Å². The third-order valence-corrected chi connectivity index (χ3v) is 6.22. The van der Waals surface area contributed by atoms with E-state index in [1.807, 2.05) is 89.8 Å². The maximum Gasteiger partial charge on any atom is 0.244 e. The molecule has 0 unspecified atom stereocenters. The molecule has 3 heterocycles. The molecule has 0 spiro atoms. The first-order valence-corrected chi connectivity index (χ1v) is 11.6. The van der Waals surface area contributed by atoms with Crippen LogP contribution >= 0.6 is 23.8 Å². The molecule has 6 nitrogen and oxygen atoms in total. The third kappa shape index (κ3) is 4.66. The number of hydrogen-bond donors (Lipinski definition) is 2. The van der Waals surface area contributed by atoms with Crippen molar-refractivity contribution in [3.8, 4) is 11.3 Å². The fraction of sp³-hybridized carbons (Fsp3) is 0.115. The monoisotopic (exact) mass is 488 g/mol. The summed E-state index contributed by atoms with van der Waals surface area (Å²) in [4.78, 5) is 19.3. The van der Waals surface area contributed by atoms with Gasteiger partial charge in [-0.15, -0.1) is 0 Å². The van der Waals surface area contributed by atoms with E-state index >= 15 is 0 Å². The molecule has 2 N–H and O–H groups in total. The first-order valence-electron chi connectivity index (χ1n) is 10.8. The number of amides is 1. The summed E-state index contributed by atoms with van der Waals surface area (Å²) in [5, 5.41) is 7.38. The molecule has 170 valence electrons. The van der Waals surface area contributed by atoms with Gasteiger partial charge in [0.25, 0.3) is 0 Å². The second-order valence-electron chi connectivity index (χ2n) is 7.88. The molecule has 2 aromatic carbocycles. The van der Waals surface area contributed by atoms with Crippen molar-refractivity contribution < 1.29 is 9.21 Å². The van der Waals surface area contributed by atoms with Gasteiger partial charge in [-0.3, -0.25) is 9.78 Å². The molecular weight excluding hydrogens is 468 g/mol. The van der Waals surface area contributed by atoms with Crippen LogP contribution in [0.25, 0.3) is 11.3 Å². The van der Waals surface area contributed by atoms with E-state index < -0.39 is 0 Å². The van der Waals surface area contributed by atoms with Crippen LogP contribution in [0, 0.1) is 0 Å². The maximum atomic E-state index is 12.9. The standard InChI is InChI=1S/C26H21ClN4O2S/c27-18-11-9-17(10-12-18)21-13-14-22(33-21)25-24(20-8-4-5-15-28-20)30-26(34)31(25)16-23(32)29-19-6-2-1-3-7-19/h1-15,24-25H,16H2,(H,29,32)(H,30,34)/t24-,25+/m1/s1. The van der Waals surface area contributed by atoms with Gasteiger partial charge < -0.3 is 20.0 Å². The molecule has 1 aliphatic rings. The van der Waals surface area contributed by atoms with Crippen LogP contribution in [0.1, 0.15) is 23.5 Å². The molecule has 2 aromatic heterocycles. The minimum atomic E-state index is -0.357. The largest absolute Gasteiger partial charge is 0.459 e. The zero-order chi connectivity index (χ0) is 23.5. The first kappa shape index (κ1) is 22.1. The van der Waals surface area contributed by atoms with Gasteiger partial charge in [-0.1, -0.05) is 35.9 Å². The molecule has 0 radical (unpaired) electrons. The second kappa shape index (κ2) is 9.67. The van der Waals surface area contributed by atoms with Gasteiger partial charge >= 0.3 is 0 Å². The van der Waals surface area contributed by atoms with Crippen molar-refractivity contribution in [2.24, 2.45) is 0 Å². The highest BCUT2D eigenvalue weighted by Crippen LogP contribution is 2.40. The molecule has 1 saturated heterocycles. The number of carbonyl (C=O) groups is 1. The quantitative estimate of drug-likeness (QED) is 0.344. The number of nitrogens with zero attached hydrogens (tertiary/aromatic N) is 2. The van der Waals surface area contributed by atoms with Crippen LogP contribution < -0.4 is 10.6 Å². The van der Waals surface area contributed by atoms with E-state index in [0.717, 1.165) is 16.9 Å². The summed E-state index contributed by atoms with van der Waals surface area (Å²) in [5.41, 5.74) is 2.45. The average molecular weight is 489 g/mol. The SMILES string of the molecule is O=C(CN1C(=S)N[C@H](c2ccccn2)[C@@H]1c1ccc(-c2ccc(Cl)cc2)o1)Nc1ccccc1. The zero-order valence-electron chi connectivity index (χ0n) is 18.0. The van der Waals surface area contributed by atoms with Crippen LogP contribution in [0.5, 0.6) is 0 Å². The van der Waals surface area contributed by atoms with Crippen LogP contribution in [0.4, 0.5) is 5.69 Å². The normalized spacial score (nSPS) is 17.4. The highest BCUT2D eigenvalue weighted by atomic mass is 35.5. The predicted molar refractivity (Wildman–Crippen MR) is 136 cm³/mol. The Hall–Kier alpha value is -3.68. The summed E-state index contributed by atoms with van der Waals surface area (Å²) in [6.07, 6.45) is 1.74. The fourth-order valence-electron chi connectivity index (χ4n) is 4.04. The highest BCUT2D eigenvalue weighted by Gasteiger charge is 2.42. The molecule has 1 aliphatic heterocycles. The van der Waals surface area contributed by atoms with E-state index in [2.05, 4.69) is 15.6 Å². The highest BCUT2D eigenvalue weighted by molar-refractivity contribution is 7.80. The molecule has 1 amide bonds. The molecule has 0 aliphatic carbocycles. The van der Waals surface area contributed by atoms with E-state index in [0.29, 0.717) is 21.7 Å². The number of carbonyl (C=O) groups excluding carboxylic acids is 1. The number of halogens is 1. The molecule has 0 saturated carbocycles. The topological polar surface area (TPSA) is 70.4 Å². The number of benzene rings is 2. The van der Waals surface area contributed by atoms with Gasteiger partial charge in [-0.25, -0.2) is 0 Å². The van der Waals surface area contributed by atoms with Crippen LogP contribution in [0.3, 0.4) is 0 Å². The van der Waals surface area contributed by atoms with Crippen LogP contribution in [0.2, 0.25) is 5.02 Å². The summed E-state index contributed by atoms with van der Waals surface area (Å²) >= 11 is 11.7. The van der Waals surface area contributed by atoms with E-state index in [1.165, 1.54) is 0 Å². The summed E-state index contributed by atoms with van der Waals surface area (Å²) in [6.45, 7) is 0.0612. The van der Waals surface area contributed by atoms with Crippen molar-refractivity contribution in [2.75, 3.05) is 11.9 Å². The predicted octanol–water partition coefficient (Wildman–Crippen LogP) is 5.61. The number of rotatable bonds is 6.